The van der Waals surface area contributed by atoms with Gasteiger partial charge in [-0.25, -0.2) is 9.97 Å². The largest absolute Gasteiger partial charge is 0.382 e. The molecule has 0 aliphatic carbocycles. The van der Waals surface area contributed by atoms with E-state index < -0.39 is 0 Å². The number of hydrogen-bond acceptors (Lipinski definition) is 7. The van der Waals surface area contributed by atoms with Crippen molar-refractivity contribution < 1.29 is 4.79 Å². The third-order valence-corrected chi connectivity index (χ3v) is 7.35. The Morgan fingerprint density at radius 3 is 2.42 bits per heavy atom. The molecule has 4 rings (SSSR count). The molecule has 0 spiro atoms. The number of halogens is 2. The Bertz CT molecular complexity index is 978. The summed E-state index contributed by atoms with van der Waals surface area (Å²) in [5.74, 6) is 0.493. The summed E-state index contributed by atoms with van der Waals surface area (Å²) in [7, 11) is 0. The lowest BCUT2D eigenvalue weighted by atomic mass is 9.98. The van der Waals surface area contributed by atoms with E-state index in [1.54, 1.807) is 0 Å². The quantitative estimate of drug-likeness (QED) is 0.609. The number of piperidine rings is 1. The molecule has 2 aromatic rings. The number of Topliss-reactive ketones (excluding diaryl/α,β-unsaturated/α-hetero) is 1. The standard InChI is InChI=1S/C24H32Cl2N6O/c1-3-19-15-31(24-22(26)28-21(16(2)33)23(27)29-24)12-13-32(19)20-8-10-30(11-9-20)14-17-4-6-18(25)7-5-17/h4-7,19-20H,3,8-15H2,1-2H3,(H2,27,29). The summed E-state index contributed by atoms with van der Waals surface area (Å²) < 4.78 is 0. The van der Waals surface area contributed by atoms with Crippen molar-refractivity contribution in [2.24, 2.45) is 0 Å². The van der Waals surface area contributed by atoms with Crippen molar-refractivity contribution in [1.82, 2.24) is 19.8 Å². The van der Waals surface area contributed by atoms with Gasteiger partial charge < -0.3 is 10.6 Å². The highest BCUT2D eigenvalue weighted by atomic mass is 35.5. The molecule has 3 heterocycles. The lowest BCUT2D eigenvalue weighted by Crippen LogP contribution is -2.58. The number of ketones is 1. The summed E-state index contributed by atoms with van der Waals surface area (Å²) >= 11 is 12.4. The number of likely N-dealkylation sites (tertiary alicyclic amines) is 1. The van der Waals surface area contributed by atoms with Crippen molar-refractivity contribution in [3.05, 3.63) is 45.7 Å². The van der Waals surface area contributed by atoms with Crippen LogP contribution in [0.15, 0.2) is 24.3 Å². The molecule has 2 fully saturated rings. The number of aromatic nitrogens is 2. The van der Waals surface area contributed by atoms with Crippen LogP contribution in [0, 0.1) is 0 Å². The number of rotatable bonds is 6. The van der Waals surface area contributed by atoms with Crippen molar-refractivity contribution in [3.8, 4) is 0 Å². The highest BCUT2D eigenvalue weighted by molar-refractivity contribution is 6.32. The number of hydrogen-bond donors (Lipinski definition) is 1. The molecule has 1 aromatic carbocycles. The Balaban J connectivity index is 1.36. The zero-order valence-corrected chi connectivity index (χ0v) is 20.8. The van der Waals surface area contributed by atoms with Gasteiger partial charge >= 0.3 is 0 Å². The highest BCUT2D eigenvalue weighted by Gasteiger charge is 2.34. The Morgan fingerprint density at radius 2 is 1.79 bits per heavy atom. The fourth-order valence-corrected chi connectivity index (χ4v) is 5.41. The number of piperazine rings is 1. The molecule has 1 unspecified atom stereocenters. The molecule has 178 valence electrons. The number of nitrogen functional groups attached to an aromatic ring is 1. The molecular formula is C24H32Cl2N6O. The van der Waals surface area contributed by atoms with E-state index in [1.807, 2.05) is 12.1 Å². The summed E-state index contributed by atoms with van der Waals surface area (Å²) in [6.45, 7) is 9.43. The maximum Gasteiger partial charge on any atom is 0.181 e. The first-order valence-corrected chi connectivity index (χ1v) is 12.4. The van der Waals surface area contributed by atoms with Crippen molar-refractivity contribution in [3.63, 3.8) is 0 Å². The molecule has 1 atom stereocenters. The second-order valence-corrected chi connectivity index (χ2v) is 9.80. The SMILES string of the molecule is CCC1CN(c2nc(N)c(C(C)=O)nc2Cl)CCN1C1CCN(Cc2ccc(Cl)cc2)CC1. The van der Waals surface area contributed by atoms with E-state index in [1.165, 1.54) is 25.3 Å². The van der Waals surface area contributed by atoms with E-state index in [0.717, 1.165) is 50.7 Å². The van der Waals surface area contributed by atoms with E-state index in [2.05, 4.69) is 43.7 Å². The van der Waals surface area contributed by atoms with E-state index >= 15 is 0 Å². The minimum atomic E-state index is -0.230. The van der Waals surface area contributed by atoms with Crippen LogP contribution in [-0.4, -0.2) is 70.4 Å². The molecule has 33 heavy (non-hydrogen) atoms. The molecule has 9 heteroatoms. The van der Waals surface area contributed by atoms with Crippen molar-refractivity contribution >= 4 is 40.6 Å². The lowest BCUT2D eigenvalue weighted by molar-refractivity contribution is 0.0610. The summed E-state index contributed by atoms with van der Waals surface area (Å²) in [5, 5.41) is 1.03. The normalized spacial score (nSPS) is 20.8. The van der Waals surface area contributed by atoms with E-state index in [-0.39, 0.29) is 22.4 Å². The van der Waals surface area contributed by atoms with Crippen molar-refractivity contribution in [1.29, 1.82) is 0 Å². The van der Waals surface area contributed by atoms with E-state index in [0.29, 0.717) is 17.9 Å². The third kappa shape index (κ3) is 5.60. The number of carbonyl (C=O) groups excluding carboxylic acids is 1. The first kappa shape index (κ1) is 24.2. The second-order valence-electron chi connectivity index (χ2n) is 9.01. The first-order chi connectivity index (χ1) is 15.9. The number of nitrogens with zero attached hydrogens (tertiary/aromatic N) is 5. The molecule has 2 aliphatic heterocycles. The molecule has 1 aromatic heterocycles. The molecule has 0 saturated carbocycles. The molecule has 2 saturated heterocycles. The second kappa shape index (κ2) is 10.6. The maximum absolute atomic E-state index is 11.7. The monoisotopic (exact) mass is 490 g/mol. The summed E-state index contributed by atoms with van der Waals surface area (Å²) in [5.41, 5.74) is 7.43. The topological polar surface area (TPSA) is 78.6 Å². The van der Waals surface area contributed by atoms with Gasteiger partial charge in [0.25, 0.3) is 0 Å². The van der Waals surface area contributed by atoms with Gasteiger partial charge in [-0.15, -0.1) is 0 Å². The molecular weight excluding hydrogens is 459 g/mol. The van der Waals surface area contributed by atoms with Crippen LogP contribution in [0.25, 0.3) is 0 Å². The molecule has 0 radical (unpaired) electrons. The van der Waals surface area contributed by atoms with Crippen LogP contribution < -0.4 is 10.6 Å². The number of anilines is 2. The van der Waals surface area contributed by atoms with Crippen molar-refractivity contribution in [2.45, 2.75) is 51.7 Å². The zero-order chi connectivity index (χ0) is 23.5. The third-order valence-electron chi connectivity index (χ3n) is 6.84. The van der Waals surface area contributed by atoms with Gasteiger partial charge in [-0.1, -0.05) is 42.3 Å². The van der Waals surface area contributed by atoms with Crippen LogP contribution in [0.3, 0.4) is 0 Å². The van der Waals surface area contributed by atoms with Crippen LogP contribution in [0.1, 0.15) is 49.2 Å². The van der Waals surface area contributed by atoms with Gasteiger partial charge in [0.2, 0.25) is 0 Å². The Morgan fingerprint density at radius 1 is 1.09 bits per heavy atom. The molecule has 2 aliphatic rings. The van der Waals surface area contributed by atoms with Gasteiger partial charge in [-0.3, -0.25) is 14.6 Å². The number of carbonyl (C=O) groups is 1. The average molecular weight is 491 g/mol. The lowest BCUT2D eigenvalue weighted by Gasteiger charge is -2.47. The fraction of sp³-hybridized carbons (Fsp3) is 0.542. The van der Waals surface area contributed by atoms with Crippen LogP contribution in [0.5, 0.6) is 0 Å². The Labute approximate surface area is 205 Å². The van der Waals surface area contributed by atoms with Gasteiger partial charge in [0, 0.05) is 50.2 Å². The minimum absolute atomic E-state index is 0.139. The molecule has 7 nitrogen and oxygen atoms in total. The van der Waals surface area contributed by atoms with Crippen LogP contribution >= 0.6 is 23.2 Å². The fourth-order valence-electron chi connectivity index (χ4n) is 5.04. The van der Waals surface area contributed by atoms with Gasteiger partial charge in [-0.2, -0.15) is 0 Å². The van der Waals surface area contributed by atoms with E-state index in [4.69, 9.17) is 28.9 Å². The van der Waals surface area contributed by atoms with Gasteiger partial charge in [0.05, 0.1) is 0 Å². The predicted octanol–water partition coefficient (Wildman–Crippen LogP) is 4.13. The Hall–Kier alpha value is -1.93. The van der Waals surface area contributed by atoms with Gasteiger partial charge in [0.1, 0.15) is 5.69 Å². The summed E-state index contributed by atoms with van der Waals surface area (Å²) in [4.78, 5) is 27.7. The zero-order valence-electron chi connectivity index (χ0n) is 19.3. The van der Waals surface area contributed by atoms with E-state index in [9.17, 15) is 4.79 Å². The molecule has 0 bridgehead atoms. The number of benzene rings is 1. The summed E-state index contributed by atoms with van der Waals surface area (Å²) in [6.07, 6.45) is 3.39. The molecule has 2 N–H and O–H groups in total. The van der Waals surface area contributed by atoms with Crippen LogP contribution in [0.4, 0.5) is 11.6 Å². The van der Waals surface area contributed by atoms with Gasteiger partial charge in [0.15, 0.2) is 22.6 Å². The highest BCUT2D eigenvalue weighted by Crippen LogP contribution is 2.30. The first-order valence-electron chi connectivity index (χ1n) is 11.7. The van der Waals surface area contributed by atoms with Crippen molar-refractivity contribution in [2.75, 3.05) is 43.4 Å². The molecule has 0 amide bonds. The predicted molar refractivity (Wildman–Crippen MR) is 134 cm³/mol. The van der Waals surface area contributed by atoms with Crippen LogP contribution in [-0.2, 0) is 6.54 Å². The average Bonchev–Trinajstić information content (AvgIpc) is 2.82. The van der Waals surface area contributed by atoms with Crippen LogP contribution in [0.2, 0.25) is 10.2 Å². The smallest absolute Gasteiger partial charge is 0.181 e. The summed E-state index contributed by atoms with van der Waals surface area (Å²) in [6, 6.07) is 9.16. The van der Waals surface area contributed by atoms with Gasteiger partial charge in [-0.05, 0) is 50.0 Å². The minimum Gasteiger partial charge on any atom is -0.382 e. The maximum atomic E-state index is 11.7. The number of nitrogens with two attached hydrogens (primary N) is 1. The Kier molecular flexibility index (Phi) is 7.74.